The summed E-state index contributed by atoms with van der Waals surface area (Å²) in [6.45, 7) is 12.9. The number of ether oxygens (including phenoxy) is 4. The summed E-state index contributed by atoms with van der Waals surface area (Å²) in [6.07, 6.45) is 7.92. The molecule has 0 amide bonds. The summed E-state index contributed by atoms with van der Waals surface area (Å²) in [5, 5.41) is 44.1. The van der Waals surface area contributed by atoms with E-state index in [1.807, 2.05) is 84.9 Å². The summed E-state index contributed by atoms with van der Waals surface area (Å²) >= 11 is 0. The Labute approximate surface area is 544 Å². The van der Waals surface area contributed by atoms with Crippen LogP contribution < -0.4 is 39.4 Å². The Morgan fingerprint density at radius 1 is 0.326 bits per heavy atom. The van der Waals surface area contributed by atoms with E-state index in [1.54, 1.807) is 170 Å². The van der Waals surface area contributed by atoms with Gasteiger partial charge in [-0.15, -0.1) is 0 Å². The largest absolute Gasteiger partial charge is 2.00 e. The van der Waals surface area contributed by atoms with Gasteiger partial charge in [-0.05, 0) is 96.5 Å². The molecular weight excluding hydrogens is 1360 g/mol. The third-order valence-corrected chi connectivity index (χ3v) is 16.1. The van der Waals surface area contributed by atoms with Crippen molar-refractivity contribution in [2.75, 3.05) is 53.5 Å². The molecule has 0 unspecified atom stereocenters. The molecule has 0 aliphatic rings. The van der Waals surface area contributed by atoms with E-state index < -0.39 is 88.7 Å². The van der Waals surface area contributed by atoms with Gasteiger partial charge in [0.2, 0.25) is 0 Å². The minimum absolute atomic E-state index is 0. The normalized spacial score (nSPS) is 12.1. The van der Waals surface area contributed by atoms with Crippen LogP contribution in [0.4, 0.5) is 0 Å². The Morgan fingerprint density at radius 2 is 0.488 bits per heavy atom. The van der Waals surface area contributed by atoms with E-state index in [2.05, 4.69) is 0 Å². The fraction of sp³-hybridized carbons (Fsp3) is 0.375. The second-order valence-corrected chi connectivity index (χ2v) is 26.8. The number of rotatable bonds is 20. The van der Waals surface area contributed by atoms with Gasteiger partial charge in [-0.1, -0.05) is 152 Å². The van der Waals surface area contributed by atoms with Gasteiger partial charge in [0.25, 0.3) is 0 Å². The van der Waals surface area contributed by atoms with Crippen LogP contribution >= 0.6 is 0 Å². The van der Waals surface area contributed by atoms with E-state index in [0.29, 0.717) is 48.7 Å². The molecule has 22 heteroatoms. The van der Waals surface area contributed by atoms with Crippen molar-refractivity contribution in [3.63, 3.8) is 0 Å². The maximum absolute atomic E-state index is 11.1. The molecule has 0 fully saturated rings. The van der Waals surface area contributed by atoms with E-state index in [-0.39, 0.29) is 39.0 Å². The molecule has 6 aromatic carbocycles. The fourth-order valence-electron chi connectivity index (χ4n) is 7.45. The van der Waals surface area contributed by atoms with Crippen LogP contribution in [0.25, 0.3) is 0 Å². The monoisotopic (exact) mass is 1440 g/mol. The summed E-state index contributed by atoms with van der Waals surface area (Å²) in [6, 6.07) is 43.9. The van der Waals surface area contributed by atoms with Crippen LogP contribution in [0.2, 0.25) is 0 Å². The summed E-state index contributed by atoms with van der Waals surface area (Å²) < 4.78 is 64.3. The molecule has 86 heavy (non-hydrogen) atoms. The maximum Gasteiger partial charge on any atom is 2.00 e. The first kappa shape index (κ1) is 82.3. The summed E-state index contributed by atoms with van der Waals surface area (Å²) in [4.78, 5) is 47.1. The van der Waals surface area contributed by atoms with Crippen LogP contribution in [0, 0.1) is 21.7 Å². The molecule has 0 N–H and O–H groups in total. The van der Waals surface area contributed by atoms with Gasteiger partial charge in [0.15, 0.2) is 0 Å². The zero-order valence-electron chi connectivity index (χ0n) is 51.5. The van der Waals surface area contributed by atoms with Crippen LogP contribution in [0.1, 0.15) is 77.6 Å². The summed E-state index contributed by atoms with van der Waals surface area (Å²) in [7, 11) is 2.44. The van der Waals surface area contributed by atoms with Gasteiger partial charge in [0.1, 0.15) is 23.0 Å². The number of methoxy groups -OCH3 is 4. The number of carboxylic acid groups (broad SMARTS) is 4. The average molecular weight is 1440 g/mol. The first-order valence-electron chi connectivity index (χ1n) is 26.0. The van der Waals surface area contributed by atoms with Gasteiger partial charge in [-0.2, -0.15) is 0 Å². The van der Waals surface area contributed by atoms with Gasteiger partial charge in [0, 0.05) is 70.6 Å². The molecule has 0 aliphatic heterocycles. The molecule has 6 rings (SSSR count). The average Bonchev–Trinajstić information content (AvgIpc) is 3.60. The standard InChI is InChI=1S/2C16H22O4.4C8H10O2S.2Rh/c2*1-15(2,13(17)18)9-11-6-5-7-12(8-11)10-16(3,4)14(19)20;4*1-10-7-5-3-4-6-8(7)11(2)9;;/h2*5-8H,9-10H2,1-4H3,(H,17,18)(H,19,20);4*3-6H,1-2H3;;/q;;;;;;2*+2/p-4/t;;4*11-;;/m..1100../s1. The van der Waals surface area contributed by atoms with Crippen molar-refractivity contribution in [2.45, 2.75) is 101 Å². The van der Waals surface area contributed by atoms with Gasteiger partial charge in [-0.3, -0.25) is 16.8 Å². The van der Waals surface area contributed by atoms with E-state index in [9.17, 15) is 56.4 Å². The van der Waals surface area contributed by atoms with Crippen molar-refractivity contribution in [1.29, 1.82) is 0 Å². The maximum atomic E-state index is 11.1. The number of hydrogen-bond acceptors (Lipinski definition) is 16. The molecule has 0 heterocycles. The molecule has 2 radical (unpaired) electrons. The number of carbonyl (C=O) groups is 4. The van der Waals surface area contributed by atoms with Gasteiger partial charge >= 0.3 is 39.0 Å². The number of hydrogen-bond donors (Lipinski definition) is 0. The van der Waals surface area contributed by atoms with Crippen molar-refractivity contribution in [3.05, 3.63) is 168 Å². The van der Waals surface area contributed by atoms with Gasteiger partial charge in [0.05, 0.1) is 91.2 Å². The minimum Gasteiger partial charge on any atom is -0.550 e. The van der Waals surface area contributed by atoms with Crippen LogP contribution in [0.5, 0.6) is 23.0 Å². The van der Waals surface area contributed by atoms with Crippen molar-refractivity contribution < 1.29 is 114 Å². The third-order valence-electron chi connectivity index (χ3n) is 12.3. The molecule has 4 atom stereocenters. The van der Waals surface area contributed by atoms with E-state index in [1.165, 1.54) is 0 Å². The molecule has 16 nitrogen and oxygen atoms in total. The topological polar surface area (TPSA) is 266 Å². The van der Waals surface area contributed by atoms with Crippen LogP contribution in [0.3, 0.4) is 0 Å². The molecule has 0 saturated carbocycles. The molecule has 0 aliphatic carbocycles. The number of carboxylic acids is 4. The molecule has 6 aromatic rings. The molecule has 0 bridgehead atoms. The summed E-state index contributed by atoms with van der Waals surface area (Å²) in [5.74, 6) is -1.64. The van der Waals surface area contributed by atoms with Crippen molar-refractivity contribution in [1.82, 2.24) is 0 Å². The SMILES string of the molecule is CC(C)(Cc1cccc(CC(C)(C)C(=O)[O-])c1)C(=O)[O-].CC(C)(Cc1cccc(CC(C)(C)C(=O)[O-])c1)C(=O)[O-].COc1ccccc1[S@@](C)=O.COc1ccccc1[S@@](C)=O.COc1ccccc1[S@](C)=O.COc1ccccc1[S@](C)=O.[Rh+2].[Rh+2]. The van der Waals surface area contributed by atoms with Crippen molar-refractivity contribution in [2.24, 2.45) is 21.7 Å². The number of para-hydroxylation sites is 4. The molecule has 0 saturated heterocycles. The molecular formula is C64H80O16Rh2S4. The zero-order valence-corrected chi connectivity index (χ0v) is 58.1. The smallest absolute Gasteiger partial charge is 0.550 e. The zero-order chi connectivity index (χ0) is 64.2. The first-order chi connectivity index (χ1) is 39.1. The number of aliphatic carboxylic acids is 4. The van der Waals surface area contributed by atoms with Crippen LogP contribution in [-0.2, 0) is 127 Å². The summed E-state index contributed by atoms with van der Waals surface area (Å²) in [5.41, 5.74) is -0.413. The fourth-order valence-corrected chi connectivity index (χ4v) is 10.3. The second-order valence-electron chi connectivity index (χ2n) is 21.5. The second kappa shape index (κ2) is 39.9. The Kier molecular flexibility index (Phi) is 38.2. The molecule has 474 valence electrons. The van der Waals surface area contributed by atoms with Crippen molar-refractivity contribution >= 4 is 67.1 Å². The molecule has 0 spiro atoms. The Hall–Kier alpha value is -5.75. The number of benzene rings is 6. The Morgan fingerprint density at radius 3 is 0.616 bits per heavy atom. The Balaban J connectivity index is 0. The third kappa shape index (κ3) is 29.3. The van der Waals surface area contributed by atoms with Crippen LogP contribution in [0.15, 0.2) is 165 Å². The van der Waals surface area contributed by atoms with Crippen molar-refractivity contribution in [3.8, 4) is 23.0 Å². The predicted molar refractivity (Wildman–Crippen MR) is 324 cm³/mol. The minimum atomic E-state index is -1.10. The van der Waals surface area contributed by atoms with E-state index >= 15 is 0 Å². The quantitative estimate of drug-likeness (QED) is 0.0751. The number of carbonyl (C=O) groups excluding carboxylic acids is 4. The van der Waals surface area contributed by atoms with E-state index in [0.717, 1.165) is 41.8 Å². The molecule has 0 aromatic heterocycles. The van der Waals surface area contributed by atoms with Gasteiger partial charge in [-0.25, -0.2) is 0 Å². The van der Waals surface area contributed by atoms with E-state index in [4.69, 9.17) is 18.9 Å². The first-order valence-corrected chi connectivity index (χ1v) is 32.2. The Bertz CT molecular complexity index is 2790. The predicted octanol–water partition coefficient (Wildman–Crippen LogP) is 6.37. The van der Waals surface area contributed by atoms with Gasteiger partial charge < -0.3 is 58.6 Å². The van der Waals surface area contributed by atoms with Crippen LogP contribution in [-0.4, -0.2) is 94.2 Å².